The van der Waals surface area contributed by atoms with E-state index in [0.29, 0.717) is 5.92 Å². The third-order valence-corrected chi connectivity index (χ3v) is 2.49. The van der Waals surface area contributed by atoms with Gasteiger partial charge in [-0.2, -0.15) is 0 Å². The average Bonchev–Trinajstić information content (AvgIpc) is 1.95. The van der Waals surface area contributed by atoms with Crippen LogP contribution in [0.5, 0.6) is 0 Å². The molecule has 1 aliphatic rings. The Morgan fingerprint density at radius 2 is 2.36 bits per heavy atom. The molecule has 2 N–H and O–H groups in total. The minimum Gasteiger partial charge on any atom is -0.330 e. The van der Waals surface area contributed by atoms with Crippen LogP contribution < -0.4 is 5.73 Å². The van der Waals surface area contributed by atoms with Crippen LogP contribution in [0.1, 0.15) is 22.6 Å². The van der Waals surface area contributed by atoms with Crippen molar-refractivity contribution in [2.45, 2.75) is 19.3 Å². The lowest BCUT2D eigenvalue weighted by Crippen LogP contribution is -2.24. The minimum atomic E-state index is 0.644. The standard InChI is InChI=1S/C10H13N/c1-7-2-3-10-8(4-7)5-9(10)6-11/h2-4,9H,5-6,11H2,1H3. The Labute approximate surface area is 67.2 Å². The van der Waals surface area contributed by atoms with Gasteiger partial charge in [0.25, 0.3) is 0 Å². The lowest BCUT2D eigenvalue weighted by Gasteiger charge is -2.29. The minimum absolute atomic E-state index is 0.644. The summed E-state index contributed by atoms with van der Waals surface area (Å²) in [6.45, 7) is 2.94. The molecule has 58 valence electrons. The molecule has 0 bridgehead atoms. The molecule has 1 aromatic carbocycles. The molecule has 1 aromatic rings. The second-order valence-electron chi connectivity index (χ2n) is 3.34. The third-order valence-electron chi connectivity index (χ3n) is 2.49. The Morgan fingerprint density at radius 3 is 3.00 bits per heavy atom. The van der Waals surface area contributed by atoms with Gasteiger partial charge in [-0.25, -0.2) is 0 Å². The highest BCUT2D eigenvalue weighted by molar-refractivity contribution is 5.42. The summed E-state index contributed by atoms with van der Waals surface area (Å²) in [5.41, 5.74) is 9.92. The molecule has 0 aromatic heterocycles. The second-order valence-corrected chi connectivity index (χ2v) is 3.34. The quantitative estimate of drug-likeness (QED) is 0.641. The molecule has 2 rings (SSSR count). The van der Waals surface area contributed by atoms with Gasteiger partial charge in [-0.1, -0.05) is 23.8 Å². The maximum atomic E-state index is 5.59. The predicted octanol–water partition coefficient (Wildman–Crippen LogP) is 1.59. The largest absolute Gasteiger partial charge is 0.330 e. The molecule has 0 amide bonds. The first-order valence-electron chi connectivity index (χ1n) is 4.11. The highest BCUT2D eigenvalue weighted by Gasteiger charge is 2.23. The van der Waals surface area contributed by atoms with E-state index >= 15 is 0 Å². The van der Waals surface area contributed by atoms with E-state index in [4.69, 9.17) is 5.73 Å². The van der Waals surface area contributed by atoms with Gasteiger partial charge in [-0.15, -0.1) is 0 Å². The van der Waals surface area contributed by atoms with E-state index in [-0.39, 0.29) is 0 Å². The van der Waals surface area contributed by atoms with Crippen molar-refractivity contribution in [3.05, 3.63) is 34.9 Å². The molecule has 0 saturated heterocycles. The fraction of sp³-hybridized carbons (Fsp3) is 0.400. The monoisotopic (exact) mass is 147 g/mol. The Hall–Kier alpha value is -0.820. The summed E-state index contributed by atoms with van der Waals surface area (Å²) in [6.07, 6.45) is 1.19. The third kappa shape index (κ3) is 0.962. The summed E-state index contributed by atoms with van der Waals surface area (Å²) in [6, 6.07) is 6.65. The zero-order valence-corrected chi connectivity index (χ0v) is 6.80. The number of hydrogen-bond donors (Lipinski definition) is 1. The van der Waals surface area contributed by atoms with Crippen LogP contribution in [0.25, 0.3) is 0 Å². The lowest BCUT2D eigenvalue weighted by atomic mass is 9.77. The van der Waals surface area contributed by atoms with Crippen LogP contribution in [0.4, 0.5) is 0 Å². The molecule has 1 aliphatic carbocycles. The van der Waals surface area contributed by atoms with Crippen LogP contribution in [0.15, 0.2) is 18.2 Å². The molecule has 0 spiro atoms. The molecule has 0 heterocycles. The van der Waals surface area contributed by atoms with Crippen molar-refractivity contribution < 1.29 is 0 Å². The fourth-order valence-electron chi connectivity index (χ4n) is 1.76. The van der Waals surface area contributed by atoms with E-state index in [1.807, 2.05) is 0 Å². The maximum absolute atomic E-state index is 5.59. The van der Waals surface area contributed by atoms with Gasteiger partial charge in [0, 0.05) is 5.92 Å². The lowest BCUT2D eigenvalue weighted by molar-refractivity contribution is 0.617. The van der Waals surface area contributed by atoms with Crippen molar-refractivity contribution in [3.8, 4) is 0 Å². The SMILES string of the molecule is Cc1ccc2c(c1)CC2CN. The molecular weight excluding hydrogens is 134 g/mol. The van der Waals surface area contributed by atoms with E-state index in [2.05, 4.69) is 25.1 Å². The maximum Gasteiger partial charge on any atom is 0.000441 e. The topological polar surface area (TPSA) is 26.0 Å². The first-order chi connectivity index (χ1) is 5.31. The van der Waals surface area contributed by atoms with Gasteiger partial charge >= 0.3 is 0 Å². The summed E-state index contributed by atoms with van der Waals surface area (Å²) in [7, 11) is 0. The summed E-state index contributed by atoms with van der Waals surface area (Å²) < 4.78 is 0. The smallest absolute Gasteiger partial charge is 0.000441 e. The van der Waals surface area contributed by atoms with Gasteiger partial charge < -0.3 is 5.73 Å². The zero-order valence-electron chi connectivity index (χ0n) is 6.80. The summed E-state index contributed by atoms with van der Waals surface area (Å²) >= 11 is 0. The Kier molecular flexibility index (Phi) is 1.46. The van der Waals surface area contributed by atoms with Crippen LogP contribution in [-0.4, -0.2) is 6.54 Å². The normalized spacial score (nSPS) is 20.7. The number of nitrogens with two attached hydrogens (primary N) is 1. The van der Waals surface area contributed by atoms with E-state index in [9.17, 15) is 0 Å². The van der Waals surface area contributed by atoms with Crippen LogP contribution in [0, 0.1) is 6.92 Å². The summed E-state index contributed by atoms with van der Waals surface area (Å²) in [4.78, 5) is 0. The number of fused-ring (bicyclic) bond motifs is 1. The molecular formula is C10H13N. The highest BCUT2D eigenvalue weighted by Crippen LogP contribution is 2.34. The van der Waals surface area contributed by atoms with Crippen LogP contribution in [-0.2, 0) is 6.42 Å². The summed E-state index contributed by atoms with van der Waals surface area (Å²) in [5, 5.41) is 0. The fourth-order valence-corrected chi connectivity index (χ4v) is 1.76. The first-order valence-corrected chi connectivity index (χ1v) is 4.11. The van der Waals surface area contributed by atoms with Crippen LogP contribution in [0.3, 0.4) is 0 Å². The first kappa shape index (κ1) is 6.86. The number of benzene rings is 1. The van der Waals surface area contributed by atoms with Crippen molar-refractivity contribution in [1.82, 2.24) is 0 Å². The van der Waals surface area contributed by atoms with Crippen molar-refractivity contribution in [3.63, 3.8) is 0 Å². The van der Waals surface area contributed by atoms with Crippen molar-refractivity contribution in [1.29, 1.82) is 0 Å². The predicted molar refractivity (Wildman–Crippen MR) is 46.7 cm³/mol. The highest BCUT2D eigenvalue weighted by atomic mass is 14.6. The zero-order chi connectivity index (χ0) is 7.84. The molecule has 11 heavy (non-hydrogen) atoms. The number of rotatable bonds is 1. The molecule has 1 heteroatoms. The summed E-state index contributed by atoms with van der Waals surface area (Å²) in [5.74, 6) is 0.644. The van der Waals surface area contributed by atoms with Gasteiger partial charge in [0.2, 0.25) is 0 Å². The van der Waals surface area contributed by atoms with Crippen LogP contribution in [0.2, 0.25) is 0 Å². The van der Waals surface area contributed by atoms with E-state index in [0.717, 1.165) is 6.54 Å². The van der Waals surface area contributed by atoms with E-state index < -0.39 is 0 Å². The molecule has 1 nitrogen and oxygen atoms in total. The van der Waals surface area contributed by atoms with Gasteiger partial charge in [-0.05, 0) is 31.0 Å². The number of hydrogen-bond acceptors (Lipinski definition) is 1. The van der Waals surface area contributed by atoms with Crippen molar-refractivity contribution in [2.24, 2.45) is 5.73 Å². The Morgan fingerprint density at radius 1 is 1.55 bits per heavy atom. The second kappa shape index (κ2) is 2.35. The molecule has 0 aliphatic heterocycles. The van der Waals surface area contributed by atoms with E-state index in [1.54, 1.807) is 0 Å². The Balaban J connectivity index is 2.35. The molecule has 0 fully saturated rings. The Bertz CT molecular complexity index is 278. The van der Waals surface area contributed by atoms with E-state index in [1.165, 1.54) is 23.1 Å². The van der Waals surface area contributed by atoms with Crippen LogP contribution >= 0.6 is 0 Å². The average molecular weight is 147 g/mol. The van der Waals surface area contributed by atoms with Crippen molar-refractivity contribution >= 4 is 0 Å². The molecule has 0 saturated carbocycles. The van der Waals surface area contributed by atoms with Gasteiger partial charge in [-0.3, -0.25) is 0 Å². The van der Waals surface area contributed by atoms with Gasteiger partial charge in [0.05, 0.1) is 0 Å². The molecule has 0 radical (unpaired) electrons. The molecule has 1 unspecified atom stereocenters. The number of aryl methyl sites for hydroxylation is 1. The van der Waals surface area contributed by atoms with Gasteiger partial charge in [0.15, 0.2) is 0 Å². The van der Waals surface area contributed by atoms with Gasteiger partial charge in [0.1, 0.15) is 0 Å². The van der Waals surface area contributed by atoms with Crippen molar-refractivity contribution in [2.75, 3.05) is 6.54 Å². The molecule has 1 atom stereocenters.